The van der Waals surface area contributed by atoms with Gasteiger partial charge in [-0.3, -0.25) is 0 Å². The molecule has 17 heavy (non-hydrogen) atoms. The Labute approximate surface area is 108 Å². The van der Waals surface area contributed by atoms with Crippen molar-refractivity contribution in [2.45, 2.75) is 38.8 Å². The number of fused-ring (bicyclic) bond motifs is 1. The summed E-state index contributed by atoms with van der Waals surface area (Å²) in [6, 6.07) is 4.15. The fourth-order valence-corrected chi connectivity index (χ4v) is 2.24. The van der Waals surface area contributed by atoms with Crippen LogP contribution in [0.4, 0.5) is 0 Å². The lowest BCUT2D eigenvalue weighted by atomic mass is 10.1. The standard InChI is InChI=1S/C13H18N2O.ClH/c1-9(10-2-3-10)16-13-5-4-11-8-14-7-6-12(11)15-13;/h4-5,9-10,14H,2-3,6-8H2,1H3;1H. The van der Waals surface area contributed by atoms with Gasteiger partial charge in [-0.15, -0.1) is 12.4 Å². The van der Waals surface area contributed by atoms with Gasteiger partial charge >= 0.3 is 0 Å². The lowest BCUT2D eigenvalue weighted by Gasteiger charge is -2.18. The minimum Gasteiger partial charge on any atom is -0.474 e. The number of pyridine rings is 1. The molecule has 94 valence electrons. The van der Waals surface area contributed by atoms with Gasteiger partial charge < -0.3 is 10.1 Å². The summed E-state index contributed by atoms with van der Waals surface area (Å²) in [5.41, 5.74) is 2.52. The van der Waals surface area contributed by atoms with Crippen LogP contribution in [-0.4, -0.2) is 17.6 Å². The predicted octanol–water partition coefficient (Wildman–Crippen LogP) is 2.33. The molecule has 1 fully saturated rings. The first kappa shape index (κ1) is 12.7. The van der Waals surface area contributed by atoms with Gasteiger partial charge in [-0.05, 0) is 31.2 Å². The summed E-state index contributed by atoms with van der Waals surface area (Å²) < 4.78 is 5.87. The first-order chi connectivity index (χ1) is 7.83. The van der Waals surface area contributed by atoms with E-state index in [1.54, 1.807) is 0 Å². The second-order valence-electron chi connectivity index (χ2n) is 4.84. The number of rotatable bonds is 3. The summed E-state index contributed by atoms with van der Waals surface area (Å²) in [5.74, 6) is 1.57. The van der Waals surface area contributed by atoms with Crippen LogP contribution >= 0.6 is 12.4 Å². The number of halogens is 1. The Balaban J connectivity index is 0.00000108. The second kappa shape index (κ2) is 5.23. The van der Waals surface area contributed by atoms with E-state index >= 15 is 0 Å². The molecular weight excluding hydrogens is 236 g/mol. The van der Waals surface area contributed by atoms with Crippen molar-refractivity contribution in [3.8, 4) is 5.88 Å². The maximum atomic E-state index is 5.87. The van der Waals surface area contributed by atoms with Crippen LogP contribution in [0.5, 0.6) is 5.88 Å². The topological polar surface area (TPSA) is 34.1 Å². The van der Waals surface area contributed by atoms with E-state index in [-0.39, 0.29) is 12.4 Å². The summed E-state index contributed by atoms with van der Waals surface area (Å²) in [4.78, 5) is 4.60. The monoisotopic (exact) mass is 254 g/mol. The van der Waals surface area contributed by atoms with E-state index in [1.165, 1.54) is 24.1 Å². The molecule has 0 radical (unpaired) electrons. The van der Waals surface area contributed by atoms with Crippen LogP contribution in [0.25, 0.3) is 0 Å². The van der Waals surface area contributed by atoms with E-state index in [4.69, 9.17) is 4.74 Å². The molecule has 0 spiro atoms. The Hall–Kier alpha value is -0.800. The van der Waals surface area contributed by atoms with Gasteiger partial charge in [0.15, 0.2) is 0 Å². The van der Waals surface area contributed by atoms with Gasteiger partial charge in [-0.2, -0.15) is 0 Å². The molecule has 1 aromatic heterocycles. The van der Waals surface area contributed by atoms with Gasteiger partial charge in [-0.25, -0.2) is 4.98 Å². The Bertz CT molecular complexity index is 393. The average Bonchev–Trinajstić information content (AvgIpc) is 3.12. The molecule has 0 aromatic carbocycles. The second-order valence-corrected chi connectivity index (χ2v) is 4.84. The summed E-state index contributed by atoms with van der Waals surface area (Å²) >= 11 is 0. The van der Waals surface area contributed by atoms with Crippen molar-refractivity contribution in [3.63, 3.8) is 0 Å². The molecule has 0 amide bonds. The Morgan fingerprint density at radius 2 is 2.24 bits per heavy atom. The first-order valence-corrected chi connectivity index (χ1v) is 6.19. The molecule has 4 heteroatoms. The SMILES string of the molecule is CC(Oc1ccc2c(n1)CCNC2)C1CC1.Cl. The van der Waals surface area contributed by atoms with Gasteiger partial charge in [0.2, 0.25) is 5.88 Å². The average molecular weight is 255 g/mol. The molecule has 1 N–H and O–H groups in total. The van der Waals surface area contributed by atoms with Crippen LogP contribution in [0.2, 0.25) is 0 Å². The maximum Gasteiger partial charge on any atom is 0.213 e. The maximum absolute atomic E-state index is 5.87. The van der Waals surface area contributed by atoms with Gasteiger partial charge in [0.25, 0.3) is 0 Å². The number of hydrogen-bond acceptors (Lipinski definition) is 3. The van der Waals surface area contributed by atoms with Crippen molar-refractivity contribution in [3.05, 3.63) is 23.4 Å². The highest BCUT2D eigenvalue weighted by atomic mass is 35.5. The van der Waals surface area contributed by atoms with Crippen LogP contribution in [0.1, 0.15) is 31.0 Å². The summed E-state index contributed by atoms with van der Waals surface area (Å²) in [6.45, 7) is 4.13. The number of hydrogen-bond donors (Lipinski definition) is 1. The van der Waals surface area contributed by atoms with Gasteiger partial charge in [0.1, 0.15) is 6.10 Å². The van der Waals surface area contributed by atoms with Gasteiger partial charge in [-0.1, -0.05) is 6.07 Å². The largest absolute Gasteiger partial charge is 0.474 e. The minimum atomic E-state index is 0. The highest BCUT2D eigenvalue weighted by Crippen LogP contribution is 2.34. The third-order valence-corrected chi connectivity index (χ3v) is 3.49. The summed E-state index contributed by atoms with van der Waals surface area (Å²) in [6.07, 6.45) is 3.98. The van der Waals surface area contributed by atoms with E-state index in [1.807, 2.05) is 6.07 Å². The Morgan fingerprint density at radius 3 is 3.00 bits per heavy atom. The third kappa shape index (κ3) is 2.90. The molecule has 3 nitrogen and oxygen atoms in total. The third-order valence-electron chi connectivity index (χ3n) is 3.49. The van der Waals surface area contributed by atoms with Gasteiger partial charge in [0.05, 0.1) is 5.69 Å². The van der Waals surface area contributed by atoms with Crippen molar-refractivity contribution in [2.24, 2.45) is 5.92 Å². The molecule has 2 aliphatic rings. The van der Waals surface area contributed by atoms with Crippen LogP contribution in [0.3, 0.4) is 0 Å². The van der Waals surface area contributed by atoms with Crippen molar-refractivity contribution < 1.29 is 4.74 Å². The fourth-order valence-electron chi connectivity index (χ4n) is 2.24. The molecule has 1 aliphatic heterocycles. The lowest BCUT2D eigenvalue weighted by molar-refractivity contribution is 0.189. The molecule has 2 heterocycles. The number of nitrogens with one attached hydrogen (secondary N) is 1. The fraction of sp³-hybridized carbons (Fsp3) is 0.615. The number of ether oxygens (including phenoxy) is 1. The van der Waals surface area contributed by atoms with E-state index in [9.17, 15) is 0 Å². The molecule has 3 rings (SSSR count). The van der Waals surface area contributed by atoms with Crippen LogP contribution in [-0.2, 0) is 13.0 Å². The van der Waals surface area contributed by atoms with E-state index in [0.29, 0.717) is 6.10 Å². The normalized spacial score (nSPS) is 20.1. The van der Waals surface area contributed by atoms with Crippen molar-refractivity contribution >= 4 is 12.4 Å². The Morgan fingerprint density at radius 1 is 1.41 bits per heavy atom. The molecule has 1 aliphatic carbocycles. The minimum absolute atomic E-state index is 0. The summed E-state index contributed by atoms with van der Waals surface area (Å²) in [7, 11) is 0. The quantitative estimate of drug-likeness (QED) is 0.899. The van der Waals surface area contributed by atoms with E-state index in [2.05, 4.69) is 23.3 Å². The van der Waals surface area contributed by atoms with Crippen molar-refractivity contribution in [1.29, 1.82) is 0 Å². The van der Waals surface area contributed by atoms with E-state index < -0.39 is 0 Å². The van der Waals surface area contributed by atoms with E-state index in [0.717, 1.165) is 31.3 Å². The predicted molar refractivity (Wildman–Crippen MR) is 69.7 cm³/mol. The van der Waals surface area contributed by atoms with Gasteiger partial charge in [0, 0.05) is 25.6 Å². The highest BCUT2D eigenvalue weighted by Gasteiger charge is 2.29. The molecule has 1 saturated carbocycles. The molecule has 0 bridgehead atoms. The Kier molecular flexibility index (Phi) is 3.89. The zero-order chi connectivity index (χ0) is 11.0. The molecule has 1 atom stereocenters. The lowest BCUT2D eigenvalue weighted by Crippen LogP contribution is -2.25. The first-order valence-electron chi connectivity index (χ1n) is 6.19. The van der Waals surface area contributed by atoms with Crippen molar-refractivity contribution in [1.82, 2.24) is 10.3 Å². The molecule has 1 unspecified atom stereocenters. The molecule has 1 aromatic rings. The van der Waals surface area contributed by atoms with Crippen LogP contribution in [0, 0.1) is 5.92 Å². The van der Waals surface area contributed by atoms with Crippen molar-refractivity contribution in [2.75, 3.05) is 6.54 Å². The zero-order valence-electron chi connectivity index (χ0n) is 10.1. The smallest absolute Gasteiger partial charge is 0.213 e. The zero-order valence-corrected chi connectivity index (χ0v) is 10.9. The highest BCUT2D eigenvalue weighted by molar-refractivity contribution is 5.85. The molecular formula is C13H19ClN2O. The molecule has 0 saturated heterocycles. The number of aromatic nitrogens is 1. The van der Waals surface area contributed by atoms with Crippen LogP contribution in [0.15, 0.2) is 12.1 Å². The number of nitrogens with zero attached hydrogens (tertiary/aromatic N) is 1. The van der Waals surface area contributed by atoms with Crippen LogP contribution < -0.4 is 10.1 Å². The summed E-state index contributed by atoms with van der Waals surface area (Å²) in [5, 5.41) is 3.35.